The number of thiazole rings is 1. The largest absolute Gasteiger partial charge is 0.443 e. The molecule has 0 saturated heterocycles. The van der Waals surface area contributed by atoms with Gasteiger partial charge in [0.15, 0.2) is 5.13 Å². The molecule has 8 heteroatoms. The second-order valence-corrected chi connectivity index (χ2v) is 10.5. The average molecular weight is 500 g/mol. The van der Waals surface area contributed by atoms with Crippen LogP contribution in [0.25, 0.3) is 11.1 Å². The third-order valence-corrected chi connectivity index (χ3v) is 6.32. The lowest BCUT2D eigenvalue weighted by Crippen LogP contribution is -2.37. The van der Waals surface area contributed by atoms with Crippen molar-refractivity contribution >= 4 is 45.8 Å². The Labute approximate surface area is 209 Å². The molecular formula is C26H30ClN3O3S. The zero-order valence-corrected chi connectivity index (χ0v) is 21.7. The van der Waals surface area contributed by atoms with Crippen LogP contribution in [0, 0.1) is 6.92 Å². The molecule has 1 aromatic heterocycles. The summed E-state index contributed by atoms with van der Waals surface area (Å²) in [6.45, 7) is 9.92. The highest BCUT2D eigenvalue weighted by Crippen LogP contribution is 2.32. The number of ether oxygens (including phenoxy) is 1. The zero-order valence-electron chi connectivity index (χ0n) is 20.1. The smallest absolute Gasteiger partial charge is 0.414 e. The second kappa shape index (κ2) is 11.0. The van der Waals surface area contributed by atoms with Gasteiger partial charge in [-0.05, 0) is 63.4 Å². The van der Waals surface area contributed by atoms with Crippen molar-refractivity contribution in [2.45, 2.75) is 53.1 Å². The lowest BCUT2D eigenvalue weighted by molar-refractivity contribution is 0.0580. The fraction of sp³-hybridized carbons (Fsp3) is 0.346. The number of unbranched alkanes of at least 4 members (excludes halogenated alkanes) is 1. The van der Waals surface area contributed by atoms with E-state index < -0.39 is 11.7 Å². The van der Waals surface area contributed by atoms with Gasteiger partial charge < -0.3 is 4.74 Å². The van der Waals surface area contributed by atoms with Crippen LogP contribution in [0.5, 0.6) is 0 Å². The van der Waals surface area contributed by atoms with Crippen molar-refractivity contribution in [3.8, 4) is 11.1 Å². The topological polar surface area (TPSA) is 71.5 Å². The molecule has 0 fully saturated rings. The lowest BCUT2D eigenvalue weighted by Gasteiger charge is -2.28. The van der Waals surface area contributed by atoms with Gasteiger partial charge in [0.05, 0.1) is 5.69 Å². The van der Waals surface area contributed by atoms with Crippen LogP contribution in [0.3, 0.4) is 0 Å². The predicted molar refractivity (Wildman–Crippen MR) is 140 cm³/mol. The minimum absolute atomic E-state index is 0.298. The summed E-state index contributed by atoms with van der Waals surface area (Å²) in [6.07, 6.45) is 1.35. The third-order valence-electron chi connectivity index (χ3n) is 4.95. The fourth-order valence-corrected chi connectivity index (χ4v) is 4.26. The molecule has 0 aliphatic rings. The normalized spacial score (nSPS) is 11.2. The maximum absolute atomic E-state index is 13.2. The summed E-state index contributed by atoms with van der Waals surface area (Å²) in [5.74, 6) is -0.298. The van der Waals surface area contributed by atoms with Crippen molar-refractivity contribution in [2.24, 2.45) is 0 Å². The van der Waals surface area contributed by atoms with E-state index in [1.54, 1.807) is 24.0 Å². The van der Waals surface area contributed by atoms with Gasteiger partial charge in [0.2, 0.25) is 0 Å². The Hall–Kier alpha value is -2.90. The maximum atomic E-state index is 13.2. The highest BCUT2D eigenvalue weighted by Gasteiger charge is 2.25. The molecule has 0 aliphatic carbocycles. The number of aromatic nitrogens is 1. The van der Waals surface area contributed by atoms with Gasteiger partial charge in [-0.1, -0.05) is 66.6 Å². The SMILES string of the molecule is CCCCN(C(=O)OC(C)(C)C)c1ccc(C(=O)Nc2nc(C)c(Cl)s2)c(-c2ccccc2)c1. The van der Waals surface area contributed by atoms with Crippen molar-refractivity contribution in [1.82, 2.24) is 4.98 Å². The summed E-state index contributed by atoms with van der Waals surface area (Å²) >= 11 is 7.33. The van der Waals surface area contributed by atoms with E-state index in [1.165, 1.54) is 11.3 Å². The van der Waals surface area contributed by atoms with Gasteiger partial charge in [0, 0.05) is 17.8 Å². The molecule has 1 N–H and O–H groups in total. The molecule has 0 unspecified atom stereocenters. The van der Waals surface area contributed by atoms with Gasteiger partial charge in [0.1, 0.15) is 9.94 Å². The molecule has 0 bridgehead atoms. The van der Waals surface area contributed by atoms with Crippen LogP contribution < -0.4 is 10.2 Å². The van der Waals surface area contributed by atoms with Crippen LogP contribution >= 0.6 is 22.9 Å². The first-order valence-corrected chi connectivity index (χ1v) is 12.4. The third kappa shape index (κ3) is 6.58. The van der Waals surface area contributed by atoms with Gasteiger partial charge in [-0.3, -0.25) is 15.0 Å². The number of hydrogen-bond acceptors (Lipinski definition) is 5. The number of halogens is 1. The Morgan fingerprint density at radius 1 is 1.15 bits per heavy atom. The van der Waals surface area contributed by atoms with E-state index in [2.05, 4.69) is 17.2 Å². The molecule has 3 rings (SSSR count). The number of rotatable bonds is 7. The van der Waals surface area contributed by atoms with Crippen LogP contribution in [0.2, 0.25) is 4.34 Å². The van der Waals surface area contributed by atoms with Crippen molar-refractivity contribution in [1.29, 1.82) is 0 Å². The van der Waals surface area contributed by atoms with Crippen molar-refractivity contribution in [2.75, 3.05) is 16.8 Å². The Morgan fingerprint density at radius 3 is 2.44 bits per heavy atom. The van der Waals surface area contributed by atoms with Crippen LogP contribution in [-0.4, -0.2) is 29.1 Å². The molecule has 0 radical (unpaired) electrons. The maximum Gasteiger partial charge on any atom is 0.414 e. The van der Waals surface area contributed by atoms with Crippen LogP contribution in [-0.2, 0) is 4.74 Å². The monoisotopic (exact) mass is 499 g/mol. The molecule has 3 aromatic rings. The van der Waals surface area contributed by atoms with Crippen molar-refractivity contribution in [3.05, 3.63) is 64.1 Å². The number of anilines is 2. The van der Waals surface area contributed by atoms with E-state index in [4.69, 9.17) is 16.3 Å². The minimum atomic E-state index is -0.614. The van der Waals surface area contributed by atoms with Gasteiger partial charge in [-0.2, -0.15) is 0 Å². The number of carbonyl (C=O) groups is 2. The van der Waals surface area contributed by atoms with Gasteiger partial charge >= 0.3 is 6.09 Å². The quantitative estimate of drug-likeness (QED) is 0.364. The summed E-state index contributed by atoms with van der Waals surface area (Å²) in [7, 11) is 0. The lowest BCUT2D eigenvalue weighted by atomic mass is 9.98. The summed E-state index contributed by atoms with van der Waals surface area (Å²) in [4.78, 5) is 32.2. The Balaban J connectivity index is 2.02. The van der Waals surface area contributed by atoms with Gasteiger partial charge in [0.25, 0.3) is 5.91 Å². The first-order chi connectivity index (χ1) is 16.1. The van der Waals surface area contributed by atoms with Gasteiger partial charge in [-0.15, -0.1) is 0 Å². The molecule has 0 saturated carbocycles. The molecule has 6 nitrogen and oxygen atoms in total. The van der Waals surface area contributed by atoms with Gasteiger partial charge in [-0.25, -0.2) is 9.78 Å². The first-order valence-electron chi connectivity index (χ1n) is 11.2. The number of aryl methyl sites for hydroxylation is 1. The van der Waals surface area contributed by atoms with Crippen LogP contribution in [0.1, 0.15) is 56.6 Å². The molecule has 0 spiro atoms. The van der Waals surface area contributed by atoms with Crippen LogP contribution in [0.15, 0.2) is 48.5 Å². The summed E-state index contributed by atoms with van der Waals surface area (Å²) in [5.41, 5.74) is 2.77. The molecule has 2 aromatic carbocycles. The Bertz CT molecular complexity index is 1140. The fourth-order valence-electron chi connectivity index (χ4n) is 3.31. The number of carbonyl (C=O) groups excluding carboxylic acids is 2. The average Bonchev–Trinajstić information content (AvgIpc) is 3.09. The Kier molecular flexibility index (Phi) is 8.33. The van der Waals surface area contributed by atoms with E-state index in [-0.39, 0.29) is 5.91 Å². The van der Waals surface area contributed by atoms with Crippen molar-refractivity contribution in [3.63, 3.8) is 0 Å². The number of nitrogens with zero attached hydrogens (tertiary/aromatic N) is 2. The summed E-state index contributed by atoms with van der Waals surface area (Å²) in [6, 6.07) is 15.0. The van der Waals surface area contributed by atoms with E-state index >= 15 is 0 Å². The molecular weight excluding hydrogens is 470 g/mol. The first kappa shape index (κ1) is 25.7. The summed E-state index contributed by atoms with van der Waals surface area (Å²) in [5, 5.41) is 3.28. The van der Waals surface area contributed by atoms with E-state index in [1.807, 2.05) is 57.2 Å². The molecule has 0 aliphatic heterocycles. The van der Waals surface area contributed by atoms with E-state index in [0.717, 1.165) is 18.4 Å². The molecule has 34 heavy (non-hydrogen) atoms. The number of benzene rings is 2. The minimum Gasteiger partial charge on any atom is -0.443 e. The van der Waals surface area contributed by atoms with E-state index in [9.17, 15) is 9.59 Å². The highest BCUT2D eigenvalue weighted by molar-refractivity contribution is 7.19. The highest BCUT2D eigenvalue weighted by atomic mass is 35.5. The predicted octanol–water partition coefficient (Wildman–Crippen LogP) is 7.57. The second-order valence-electron chi connectivity index (χ2n) is 8.91. The number of amides is 2. The van der Waals surface area contributed by atoms with E-state index in [0.29, 0.717) is 38.5 Å². The molecule has 1 heterocycles. The molecule has 2 amide bonds. The number of hydrogen-bond donors (Lipinski definition) is 1. The standard InChI is InChI=1S/C26H30ClN3O3S/c1-6-7-15-30(25(32)33-26(3,4)5)19-13-14-20(21(16-19)18-11-9-8-10-12-18)23(31)29-24-28-17(2)22(27)34-24/h8-14,16H,6-7,15H2,1-5H3,(H,28,29,31). The summed E-state index contributed by atoms with van der Waals surface area (Å²) < 4.78 is 6.20. The number of nitrogens with one attached hydrogen (secondary N) is 1. The van der Waals surface area contributed by atoms with Crippen molar-refractivity contribution < 1.29 is 14.3 Å². The zero-order chi connectivity index (χ0) is 24.9. The molecule has 180 valence electrons. The van der Waals surface area contributed by atoms with Crippen LogP contribution in [0.4, 0.5) is 15.6 Å². The Morgan fingerprint density at radius 2 is 1.85 bits per heavy atom. The molecule has 0 atom stereocenters.